The Morgan fingerprint density at radius 1 is 0.727 bits per heavy atom. The van der Waals surface area contributed by atoms with Gasteiger partial charge in [-0.25, -0.2) is 0 Å². The van der Waals surface area contributed by atoms with Crippen LogP contribution in [0.1, 0.15) is 38.2 Å². The monoisotopic (exact) mass is 302 g/mol. The molecular weight excluding hydrogens is 284 g/mol. The van der Waals surface area contributed by atoms with Gasteiger partial charge in [-0.3, -0.25) is 4.79 Å². The first-order valence-corrected chi connectivity index (χ1v) is 6.75. The fourth-order valence-electron chi connectivity index (χ4n) is 2.46. The third kappa shape index (κ3) is 2.24. The van der Waals surface area contributed by atoms with E-state index in [4.69, 9.17) is 0 Å². The molecule has 4 N–H and O–H groups in total. The molecule has 0 bridgehead atoms. The largest absolute Gasteiger partial charge is 0.508 e. The van der Waals surface area contributed by atoms with Gasteiger partial charge in [0.25, 0.3) is 0 Å². The molecule has 0 atom stereocenters. The highest BCUT2D eigenvalue weighted by Gasteiger charge is 2.25. The Bertz CT molecular complexity index is 725. The molecule has 0 radical (unpaired) electrons. The Kier molecular flexibility index (Phi) is 3.75. The van der Waals surface area contributed by atoms with Gasteiger partial charge >= 0.3 is 0 Å². The van der Waals surface area contributed by atoms with Gasteiger partial charge in [0.1, 0.15) is 23.0 Å². The van der Waals surface area contributed by atoms with E-state index in [9.17, 15) is 25.2 Å². The number of carbonyl (C=O) groups is 1. The Balaban J connectivity index is 2.75. The standard InChI is InChI=1S/C17H18O5/c1-7-5-11(18)9(3)15(20)13(7)17(22)14-8(2)6-12(19)10(4)16(14)21/h5-6,18-21H,1-4H3. The van der Waals surface area contributed by atoms with E-state index in [1.807, 2.05) is 0 Å². The smallest absolute Gasteiger partial charge is 0.201 e. The number of phenols is 4. The minimum atomic E-state index is -0.559. The molecule has 0 aromatic heterocycles. The summed E-state index contributed by atoms with van der Waals surface area (Å²) in [5.41, 5.74) is 1.24. The first kappa shape index (κ1) is 15.7. The zero-order chi connectivity index (χ0) is 16.8. The molecule has 116 valence electrons. The van der Waals surface area contributed by atoms with Gasteiger partial charge in [0.15, 0.2) is 0 Å². The lowest BCUT2D eigenvalue weighted by Crippen LogP contribution is -2.08. The van der Waals surface area contributed by atoms with Crippen molar-refractivity contribution in [3.63, 3.8) is 0 Å². The van der Waals surface area contributed by atoms with E-state index in [-0.39, 0.29) is 45.3 Å². The minimum Gasteiger partial charge on any atom is -0.508 e. The molecule has 0 aliphatic heterocycles. The van der Waals surface area contributed by atoms with E-state index in [1.54, 1.807) is 13.8 Å². The van der Waals surface area contributed by atoms with Gasteiger partial charge in [0.05, 0.1) is 11.1 Å². The Labute approximate surface area is 128 Å². The summed E-state index contributed by atoms with van der Waals surface area (Å²) in [6, 6.07) is 2.78. The fraction of sp³-hybridized carbons (Fsp3) is 0.235. The van der Waals surface area contributed by atoms with Crippen LogP contribution in [0.2, 0.25) is 0 Å². The number of carbonyl (C=O) groups excluding carboxylic acids is 1. The van der Waals surface area contributed by atoms with Crippen LogP contribution in [0.15, 0.2) is 12.1 Å². The van der Waals surface area contributed by atoms with E-state index in [0.717, 1.165) is 0 Å². The summed E-state index contributed by atoms with van der Waals surface area (Å²) in [7, 11) is 0. The highest BCUT2D eigenvalue weighted by atomic mass is 16.3. The topological polar surface area (TPSA) is 98.0 Å². The molecule has 2 aromatic rings. The Morgan fingerprint density at radius 2 is 1.05 bits per heavy atom. The van der Waals surface area contributed by atoms with E-state index in [2.05, 4.69) is 0 Å². The molecule has 5 nitrogen and oxygen atoms in total. The highest BCUT2D eigenvalue weighted by Crippen LogP contribution is 2.38. The first-order valence-electron chi connectivity index (χ1n) is 6.75. The van der Waals surface area contributed by atoms with E-state index >= 15 is 0 Å². The maximum atomic E-state index is 12.8. The van der Waals surface area contributed by atoms with Crippen molar-refractivity contribution in [2.24, 2.45) is 0 Å². The second kappa shape index (κ2) is 5.26. The predicted octanol–water partition coefficient (Wildman–Crippen LogP) is 2.97. The third-order valence-corrected chi connectivity index (χ3v) is 3.90. The second-order valence-electron chi connectivity index (χ2n) is 5.45. The van der Waals surface area contributed by atoms with Crippen LogP contribution in [-0.2, 0) is 0 Å². The number of rotatable bonds is 2. The summed E-state index contributed by atoms with van der Waals surface area (Å²) < 4.78 is 0. The molecule has 2 rings (SSSR count). The van der Waals surface area contributed by atoms with Gasteiger partial charge in [-0.05, 0) is 51.0 Å². The number of ketones is 1. The van der Waals surface area contributed by atoms with Crippen molar-refractivity contribution >= 4 is 5.78 Å². The minimum absolute atomic E-state index is 0.0267. The molecule has 0 unspecified atom stereocenters. The molecule has 5 heteroatoms. The molecule has 22 heavy (non-hydrogen) atoms. The number of hydrogen-bond donors (Lipinski definition) is 4. The average Bonchev–Trinajstić information content (AvgIpc) is 2.42. The molecule has 0 saturated heterocycles. The number of phenolic OH excluding ortho intramolecular Hbond substituents is 4. The van der Waals surface area contributed by atoms with Gasteiger partial charge in [-0.15, -0.1) is 0 Å². The first-order chi connectivity index (χ1) is 10.2. The average molecular weight is 302 g/mol. The Hall–Kier alpha value is -2.69. The molecule has 2 aromatic carbocycles. The normalized spacial score (nSPS) is 10.7. The molecular formula is C17H18O5. The molecule has 0 aliphatic rings. The summed E-state index contributed by atoms with van der Waals surface area (Å²) in [6.45, 7) is 6.17. The zero-order valence-electron chi connectivity index (χ0n) is 12.9. The van der Waals surface area contributed by atoms with Crippen molar-refractivity contribution in [1.82, 2.24) is 0 Å². The molecule has 0 amide bonds. The van der Waals surface area contributed by atoms with Crippen molar-refractivity contribution < 1.29 is 25.2 Å². The zero-order valence-corrected chi connectivity index (χ0v) is 12.9. The van der Waals surface area contributed by atoms with Gasteiger partial charge in [-0.1, -0.05) is 0 Å². The lowest BCUT2D eigenvalue weighted by Gasteiger charge is -2.15. The van der Waals surface area contributed by atoms with Crippen LogP contribution >= 0.6 is 0 Å². The number of benzene rings is 2. The van der Waals surface area contributed by atoms with Crippen LogP contribution in [-0.4, -0.2) is 26.2 Å². The Morgan fingerprint density at radius 3 is 1.36 bits per heavy atom. The lowest BCUT2D eigenvalue weighted by atomic mass is 9.91. The van der Waals surface area contributed by atoms with Crippen LogP contribution in [0, 0.1) is 27.7 Å². The molecule has 0 spiro atoms. The van der Waals surface area contributed by atoms with Gasteiger partial charge in [0.2, 0.25) is 5.78 Å². The van der Waals surface area contributed by atoms with Crippen molar-refractivity contribution in [2.75, 3.05) is 0 Å². The van der Waals surface area contributed by atoms with Crippen molar-refractivity contribution in [3.8, 4) is 23.0 Å². The van der Waals surface area contributed by atoms with E-state index < -0.39 is 5.78 Å². The third-order valence-electron chi connectivity index (χ3n) is 3.90. The van der Waals surface area contributed by atoms with Crippen molar-refractivity contribution in [2.45, 2.75) is 27.7 Å². The van der Waals surface area contributed by atoms with Crippen LogP contribution in [0.25, 0.3) is 0 Å². The number of aryl methyl sites for hydroxylation is 2. The van der Waals surface area contributed by atoms with Gasteiger partial charge < -0.3 is 20.4 Å². The summed E-state index contributed by atoms with van der Waals surface area (Å²) in [4.78, 5) is 12.8. The number of aromatic hydroxyl groups is 4. The highest BCUT2D eigenvalue weighted by molar-refractivity contribution is 6.14. The SMILES string of the molecule is Cc1cc(O)c(C)c(O)c1C(=O)c1c(C)cc(O)c(C)c1O. The van der Waals surface area contributed by atoms with Crippen LogP contribution in [0.5, 0.6) is 23.0 Å². The summed E-state index contributed by atoms with van der Waals surface area (Å²) in [5, 5.41) is 39.8. The van der Waals surface area contributed by atoms with E-state index in [1.165, 1.54) is 26.0 Å². The van der Waals surface area contributed by atoms with Crippen molar-refractivity contribution in [1.29, 1.82) is 0 Å². The number of hydrogen-bond acceptors (Lipinski definition) is 5. The van der Waals surface area contributed by atoms with Crippen molar-refractivity contribution in [3.05, 3.63) is 45.5 Å². The maximum absolute atomic E-state index is 12.8. The molecule has 0 heterocycles. The van der Waals surface area contributed by atoms with Crippen LogP contribution in [0.3, 0.4) is 0 Å². The van der Waals surface area contributed by atoms with Gasteiger partial charge in [0, 0.05) is 11.1 Å². The van der Waals surface area contributed by atoms with E-state index in [0.29, 0.717) is 11.1 Å². The lowest BCUT2D eigenvalue weighted by molar-refractivity contribution is 0.103. The summed E-state index contributed by atoms with van der Waals surface area (Å²) >= 11 is 0. The summed E-state index contributed by atoms with van der Waals surface area (Å²) in [6.07, 6.45) is 0. The second-order valence-corrected chi connectivity index (χ2v) is 5.45. The molecule has 0 saturated carbocycles. The quantitative estimate of drug-likeness (QED) is 0.639. The van der Waals surface area contributed by atoms with Crippen LogP contribution in [0.4, 0.5) is 0 Å². The van der Waals surface area contributed by atoms with Gasteiger partial charge in [-0.2, -0.15) is 0 Å². The molecule has 0 fully saturated rings. The predicted molar refractivity (Wildman–Crippen MR) is 81.9 cm³/mol. The fourth-order valence-corrected chi connectivity index (χ4v) is 2.46. The molecule has 0 aliphatic carbocycles. The summed E-state index contributed by atoms with van der Waals surface area (Å²) in [5.74, 6) is -1.39. The van der Waals surface area contributed by atoms with Crippen LogP contribution < -0.4 is 0 Å². The maximum Gasteiger partial charge on any atom is 0.201 e.